The van der Waals surface area contributed by atoms with E-state index in [0.717, 1.165) is 22.9 Å². The molecule has 3 aromatic rings. The fraction of sp³-hybridized carbons (Fsp3) is 0.474. The Balaban J connectivity index is 1.40. The van der Waals surface area contributed by atoms with Gasteiger partial charge in [-0.05, 0) is 26.0 Å². The molecule has 1 N–H and O–H groups in total. The number of amides is 1. The van der Waals surface area contributed by atoms with Gasteiger partial charge in [0.25, 0.3) is 5.91 Å². The van der Waals surface area contributed by atoms with Crippen LogP contribution in [0.4, 0.5) is 0 Å². The molecule has 1 saturated heterocycles. The summed E-state index contributed by atoms with van der Waals surface area (Å²) < 4.78 is 4.09. The van der Waals surface area contributed by atoms with E-state index in [1.54, 1.807) is 6.20 Å². The Morgan fingerprint density at radius 2 is 2.07 bits per heavy atom. The molecule has 0 aromatic carbocycles. The van der Waals surface area contributed by atoms with Crippen LogP contribution >= 0.6 is 0 Å². The van der Waals surface area contributed by atoms with Crippen LogP contribution in [0.25, 0.3) is 0 Å². The van der Waals surface area contributed by atoms with E-state index in [1.165, 1.54) is 0 Å². The lowest BCUT2D eigenvalue weighted by Gasteiger charge is -2.39. The molecule has 142 valence electrons. The number of aromatic nitrogens is 6. The third-order valence-electron chi connectivity index (χ3n) is 4.99. The minimum Gasteiger partial charge on any atom is -0.333 e. The van der Waals surface area contributed by atoms with Crippen LogP contribution < -0.4 is 0 Å². The molecule has 0 bridgehead atoms. The lowest BCUT2D eigenvalue weighted by Crippen LogP contribution is -2.51. The largest absolute Gasteiger partial charge is 0.333 e. The Hall–Kier alpha value is -2.90. The molecule has 1 aliphatic heterocycles. The maximum Gasteiger partial charge on any atom is 0.274 e. The molecule has 1 aliphatic rings. The maximum absolute atomic E-state index is 12.7. The molecule has 0 radical (unpaired) electrons. The van der Waals surface area contributed by atoms with Gasteiger partial charge in [0.15, 0.2) is 0 Å². The zero-order valence-electron chi connectivity index (χ0n) is 16.2. The molecule has 0 unspecified atom stereocenters. The third kappa shape index (κ3) is 3.27. The summed E-state index contributed by atoms with van der Waals surface area (Å²) in [7, 11) is 0. The van der Waals surface area contributed by atoms with Gasteiger partial charge in [0.2, 0.25) is 0 Å². The van der Waals surface area contributed by atoms with Crippen molar-refractivity contribution >= 4 is 5.91 Å². The van der Waals surface area contributed by atoms with Gasteiger partial charge in [0.1, 0.15) is 11.5 Å². The number of imidazole rings is 1. The van der Waals surface area contributed by atoms with Gasteiger partial charge in [-0.1, -0.05) is 13.8 Å². The topological polar surface area (TPSA) is 84.6 Å². The maximum atomic E-state index is 12.7. The van der Waals surface area contributed by atoms with Crippen molar-refractivity contribution in [2.75, 3.05) is 13.1 Å². The first-order valence-electron chi connectivity index (χ1n) is 9.29. The average molecular weight is 367 g/mol. The monoisotopic (exact) mass is 367 g/mol. The van der Waals surface area contributed by atoms with Crippen LogP contribution in [0.15, 0.2) is 24.5 Å². The number of carbonyl (C=O) groups excluding carboxylic acids is 1. The van der Waals surface area contributed by atoms with Gasteiger partial charge in [-0.15, -0.1) is 0 Å². The van der Waals surface area contributed by atoms with E-state index in [9.17, 15) is 4.79 Å². The molecule has 4 heterocycles. The molecule has 27 heavy (non-hydrogen) atoms. The van der Waals surface area contributed by atoms with Crippen LogP contribution in [-0.2, 0) is 6.54 Å². The Labute approximate surface area is 158 Å². The zero-order chi connectivity index (χ0) is 19.1. The third-order valence-corrected chi connectivity index (χ3v) is 4.99. The standard InChI is InChI=1S/C19H25N7O/c1-12(2)18-20-5-6-24(18)9-15-8-17(22-21-15)19(27)25-10-16(11-25)26-14(4)7-13(3)23-26/h5-8,12,16H,9-11H2,1-4H3,(H,21,22). The molecule has 1 fully saturated rings. The summed E-state index contributed by atoms with van der Waals surface area (Å²) in [6, 6.07) is 4.15. The van der Waals surface area contributed by atoms with Crippen molar-refractivity contribution in [3.63, 3.8) is 0 Å². The number of rotatable bonds is 5. The van der Waals surface area contributed by atoms with E-state index in [0.29, 0.717) is 31.2 Å². The lowest BCUT2D eigenvalue weighted by atomic mass is 10.1. The highest BCUT2D eigenvalue weighted by atomic mass is 16.2. The summed E-state index contributed by atoms with van der Waals surface area (Å²) in [4.78, 5) is 18.9. The van der Waals surface area contributed by atoms with E-state index in [2.05, 4.69) is 44.8 Å². The number of aryl methyl sites for hydroxylation is 2. The Bertz CT molecular complexity index is 959. The SMILES string of the molecule is Cc1cc(C)n(C2CN(C(=O)c3cc(Cn4ccnc4C(C)C)[nH]n3)C2)n1. The number of aromatic amines is 1. The first kappa shape index (κ1) is 17.5. The van der Waals surface area contributed by atoms with Crippen LogP contribution in [-0.4, -0.2) is 53.4 Å². The second-order valence-corrected chi connectivity index (χ2v) is 7.58. The number of carbonyl (C=O) groups is 1. The van der Waals surface area contributed by atoms with Gasteiger partial charge in [0, 0.05) is 37.1 Å². The summed E-state index contributed by atoms with van der Waals surface area (Å²) in [5.74, 6) is 1.33. The van der Waals surface area contributed by atoms with Crippen LogP contribution in [0.1, 0.15) is 59.2 Å². The number of likely N-dealkylation sites (tertiary alicyclic amines) is 1. The van der Waals surface area contributed by atoms with Crippen LogP contribution in [0.5, 0.6) is 0 Å². The summed E-state index contributed by atoms with van der Waals surface area (Å²) in [5.41, 5.74) is 3.50. The Morgan fingerprint density at radius 3 is 2.74 bits per heavy atom. The van der Waals surface area contributed by atoms with Gasteiger partial charge in [-0.3, -0.25) is 14.6 Å². The van der Waals surface area contributed by atoms with Gasteiger partial charge < -0.3 is 9.47 Å². The number of nitrogens with one attached hydrogen (secondary N) is 1. The second-order valence-electron chi connectivity index (χ2n) is 7.58. The highest BCUT2D eigenvalue weighted by Crippen LogP contribution is 2.24. The summed E-state index contributed by atoms with van der Waals surface area (Å²) in [6.45, 7) is 10.2. The first-order chi connectivity index (χ1) is 12.9. The van der Waals surface area contributed by atoms with Crippen molar-refractivity contribution in [3.8, 4) is 0 Å². The van der Waals surface area contributed by atoms with Crippen LogP contribution in [0, 0.1) is 13.8 Å². The van der Waals surface area contributed by atoms with E-state index in [1.807, 2.05) is 35.7 Å². The molecular weight excluding hydrogens is 342 g/mol. The number of nitrogens with zero attached hydrogens (tertiary/aromatic N) is 6. The van der Waals surface area contributed by atoms with Crippen molar-refractivity contribution in [1.29, 1.82) is 0 Å². The zero-order valence-corrected chi connectivity index (χ0v) is 16.2. The van der Waals surface area contributed by atoms with Gasteiger partial charge >= 0.3 is 0 Å². The molecule has 0 atom stereocenters. The lowest BCUT2D eigenvalue weighted by molar-refractivity contribution is 0.0491. The molecule has 8 nitrogen and oxygen atoms in total. The van der Waals surface area contributed by atoms with Crippen molar-refractivity contribution in [2.45, 2.75) is 46.2 Å². The van der Waals surface area contributed by atoms with E-state index in [4.69, 9.17) is 0 Å². The van der Waals surface area contributed by atoms with E-state index < -0.39 is 0 Å². The number of H-pyrrole nitrogens is 1. The molecular formula is C19H25N7O. The Morgan fingerprint density at radius 1 is 1.30 bits per heavy atom. The normalized spacial score (nSPS) is 14.8. The van der Waals surface area contributed by atoms with Crippen LogP contribution in [0.2, 0.25) is 0 Å². The van der Waals surface area contributed by atoms with Gasteiger partial charge in [-0.25, -0.2) is 4.98 Å². The molecule has 0 spiro atoms. The van der Waals surface area contributed by atoms with Crippen LogP contribution in [0.3, 0.4) is 0 Å². The van der Waals surface area contributed by atoms with E-state index in [-0.39, 0.29) is 11.9 Å². The highest BCUT2D eigenvalue weighted by molar-refractivity contribution is 5.93. The van der Waals surface area contributed by atoms with Crippen molar-refractivity contribution < 1.29 is 4.79 Å². The minimum atomic E-state index is -0.0370. The predicted octanol–water partition coefficient (Wildman–Crippen LogP) is 2.29. The fourth-order valence-electron chi connectivity index (χ4n) is 3.64. The predicted molar refractivity (Wildman–Crippen MR) is 101 cm³/mol. The van der Waals surface area contributed by atoms with Gasteiger partial charge in [0.05, 0.1) is 24.0 Å². The highest BCUT2D eigenvalue weighted by Gasteiger charge is 2.34. The Kier molecular flexibility index (Phi) is 4.33. The van der Waals surface area contributed by atoms with E-state index >= 15 is 0 Å². The first-order valence-corrected chi connectivity index (χ1v) is 9.29. The molecule has 3 aromatic heterocycles. The summed E-state index contributed by atoms with van der Waals surface area (Å²) in [5, 5.41) is 11.7. The van der Waals surface area contributed by atoms with Crippen molar-refractivity contribution in [1.82, 2.24) is 34.4 Å². The van der Waals surface area contributed by atoms with Crippen molar-refractivity contribution in [3.05, 3.63) is 53.1 Å². The molecule has 1 amide bonds. The molecule has 8 heteroatoms. The molecule has 0 aliphatic carbocycles. The molecule has 4 rings (SSSR count). The molecule has 0 saturated carbocycles. The summed E-state index contributed by atoms with van der Waals surface area (Å²) in [6.07, 6.45) is 3.75. The average Bonchev–Trinajstić information content (AvgIpc) is 3.27. The van der Waals surface area contributed by atoms with Gasteiger partial charge in [-0.2, -0.15) is 10.2 Å². The smallest absolute Gasteiger partial charge is 0.274 e. The van der Waals surface area contributed by atoms with Crippen molar-refractivity contribution in [2.24, 2.45) is 0 Å². The quantitative estimate of drug-likeness (QED) is 0.750. The number of hydrogen-bond donors (Lipinski definition) is 1. The minimum absolute atomic E-state index is 0.0370. The fourth-order valence-corrected chi connectivity index (χ4v) is 3.64. The summed E-state index contributed by atoms with van der Waals surface area (Å²) >= 11 is 0. The second kappa shape index (κ2) is 6.68. The number of hydrogen-bond acceptors (Lipinski definition) is 4.